The van der Waals surface area contributed by atoms with E-state index < -0.39 is 5.60 Å². The van der Waals surface area contributed by atoms with Gasteiger partial charge in [0.25, 0.3) is 5.91 Å². The first kappa shape index (κ1) is 21.9. The number of rotatable bonds is 5. The molecule has 2 aliphatic rings. The molecule has 1 saturated carbocycles. The summed E-state index contributed by atoms with van der Waals surface area (Å²) in [6.45, 7) is 2.01. The highest BCUT2D eigenvalue weighted by Crippen LogP contribution is 2.57. The van der Waals surface area contributed by atoms with E-state index in [0.717, 1.165) is 17.5 Å². The molecule has 30 heavy (non-hydrogen) atoms. The molecule has 1 amide bonds. The normalized spacial score (nSPS) is 30.8. The monoisotopic (exact) mass is 467 g/mol. The minimum Gasteiger partial charge on any atom is -0.394 e. The molecule has 160 valence electrons. The summed E-state index contributed by atoms with van der Waals surface area (Å²) < 4.78 is 6.09. The predicted octanol–water partition coefficient (Wildman–Crippen LogP) is 5.19. The van der Waals surface area contributed by atoms with Crippen LogP contribution in [-0.4, -0.2) is 35.9 Å². The van der Waals surface area contributed by atoms with Gasteiger partial charge in [0, 0.05) is 27.0 Å². The van der Waals surface area contributed by atoms with E-state index in [1.165, 1.54) is 0 Å². The third-order valence-electron chi connectivity index (χ3n) is 6.54. The Kier molecular flexibility index (Phi) is 6.34. The maximum absolute atomic E-state index is 13.1. The lowest BCUT2D eigenvalue weighted by atomic mass is 9.59. The molecule has 1 heterocycles. The number of hydrogen-bond donors (Lipinski definition) is 2. The molecule has 5 atom stereocenters. The second kappa shape index (κ2) is 8.68. The summed E-state index contributed by atoms with van der Waals surface area (Å²) in [6, 6.07) is 13.3. The molecule has 4 nitrogen and oxygen atoms in total. The van der Waals surface area contributed by atoms with Gasteiger partial charge in [-0.2, -0.15) is 0 Å². The van der Waals surface area contributed by atoms with Crippen LogP contribution in [0, 0.1) is 5.92 Å². The topological polar surface area (TPSA) is 58.6 Å². The number of carbonyl (C=O) groups excluding carboxylic acids is 1. The van der Waals surface area contributed by atoms with Crippen molar-refractivity contribution >= 4 is 40.7 Å². The summed E-state index contributed by atoms with van der Waals surface area (Å²) in [7, 11) is 0. The minimum atomic E-state index is -0.970. The average molecular weight is 469 g/mol. The third-order valence-corrected chi connectivity index (χ3v) is 7.35. The molecule has 4 rings (SSSR count). The molecule has 0 aromatic heterocycles. The van der Waals surface area contributed by atoms with Gasteiger partial charge in [0.2, 0.25) is 0 Å². The molecule has 7 heteroatoms. The Bertz CT molecular complexity index is 936. The van der Waals surface area contributed by atoms with Crippen molar-refractivity contribution in [1.29, 1.82) is 0 Å². The van der Waals surface area contributed by atoms with Crippen molar-refractivity contribution in [1.82, 2.24) is 5.32 Å². The van der Waals surface area contributed by atoms with E-state index in [4.69, 9.17) is 39.5 Å². The fourth-order valence-corrected chi connectivity index (χ4v) is 6.07. The minimum absolute atomic E-state index is 0.0256. The number of carbonyl (C=O) groups is 1. The van der Waals surface area contributed by atoms with Gasteiger partial charge in [-0.15, -0.1) is 0 Å². The zero-order valence-corrected chi connectivity index (χ0v) is 18.8. The van der Waals surface area contributed by atoms with Crippen molar-refractivity contribution in [2.45, 2.75) is 43.2 Å². The van der Waals surface area contributed by atoms with Crippen LogP contribution in [0.5, 0.6) is 0 Å². The van der Waals surface area contributed by atoms with Crippen LogP contribution in [0.15, 0.2) is 42.5 Å². The van der Waals surface area contributed by atoms with E-state index in [2.05, 4.69) is 5.32 Å². The Balaban J connectivity index is 1.85. The van der Waals surface area contributed by atoms with Crippen molar-refractivity contribution in [3.8, 4) is 0 Å². The van der Waals surface area contributed by atoms with Gasteiger partial charge in [0.05, 0.1) is 13.2 Å². The summed E-state index contributed by atoms with van der Waals surface area (Å²) >= 11 is 18.9. The van der Waals surface area contributed by atoms with Crippen LogP contribution in [0.1, 0.15) is 42.7 Å². The molecule has 0 radical (unpaired) electrons. The largest absolute Gasteiger partial charge is 0.394 e. The predicted molar refractivity (Wildman–Crippen MR) is 119 cm³/mol. The quantitative estimate of drug-likeness (QED) is 0.635. The maximum Gasteiger partial charge on any atom is 0.252 e. The molecular weight excluding hydrogens is 445 g/mol. The Labute approximate surface area is 191 Å². The van der Waals surface area contributed by atoms with Crippen molar-refractivity contribution in [3.63, 3.8) is 0 Å². The maximum atomic E-state index is 13.1. The first-order chi connectivity index (χ1) is 14.4. The van der Waals surface area contributed by atoms with Gasteiger partial charge in [-0.1, -0.05) is 53.0 Å². The van der Waals surface area contributed by atoms with Gasteiger partial charge >= 0.3 is 0 Å². The van der Waals surface area contributed by atoms with Crippen LogP contribution in [0.25, 0.3) is 0 Å². The number of nitrogens with one attached hydrogen (secondary N) is 1. The standard InChI is InChI=1S/C23H24Cl3NO3/c1-13-21-20(14-2-4-15(24)5-3-14)18(17-7-6-16(25)12-19(17)26)8-9-23(21,22(29)27-13)30-11-10-28/h2-7,12-13,18,20-21,28H,8-11H2,1H3,(H,27,29)/t13-,18+,20+,21+,23+/m1/s1. The Morgan fingerprint density at radius 3 is 2.50 bits per heavy atom. The molecule has 2 aromatic carbocycles. The highest BCUT2D eigenvalue weighted by molar-refractivity contribution is 6.35. The summed E-state index contributed by atoms with van der Waals surface area (Å²) in [5, 5.41) is 14.3. The summed E-state index contributed by atoms with van der Waals surface area (Å²) in [4.78, 5) is 13.1. The molecule has 2 fully saturated rings. The Morgan fingerprint density at radius 2 is 1.83 bits per heavy atom. The first-order valence-electron chi connectivity index (χ1n) is 10.1. The Hall–Kier alpha value is -1.30. The van der Waals surface area contributed by atoms with Crippen molar-refractivity contribution < 1.29 is 14.6 Å². The lowest BCUT2D eigenvalue weighted by Gasteiger charge is -2.47. The highest BCUT2D eigenvalue weighted by Gasteiger charge is 2.61. The van der Waals surface area contributed by atoms with Crippen molar-refractivity contribution in [3.05, 3.63) is 68.7 Å². The third kappa shape index (κ3) is 3.74. The fraction of sp³-hybridized carbons (Fsp3) is 0.435. The molecule has 2 aromatic rings. The van der Waals surface area contributed by atoms with E-state index in [0.29, 0.717) is 21.5 Å². The number of fused-ring (bicyclic) bond motifs is 1. The van der Waals surface area contributed by atoms with Crippen LogP contribution in [0.4, 0.5) is 0 Å². The van der Waals surface area contributed by atoms with E-state index in [1.807, 2.05) is 43.3 Å². The van der Waals surface area contributed by atoms with Crippen LogP contribution >= 0.6 is 34.8 Å². The molecular formula is C23H24Cl3NO3. The number of aliphatic hydroxyl groups is 1. The molecule has 0 spiro atoms. The van der Waals surface area contributed by atoms with Crippen LogP contribution < -0.4 is 5.32 Å². The second-order valence-electron chi connectivity index (χ2n) is 8.14. The number of ether oxygens (including phenoxy) is 1. The fourth-order valence-electron chi connectivity index (χ4n) is 5.39. The van der Waals surface area contributed by atoms with Crippen LogP contribution in [0.2, 0.25) is 15.1 Å². The first-order valence-corrected chi connectivity index (χ1v) is 11.3. The highest BCUT2D eigenvalue weighted by atomic mass is 35.5. The van der Waals surface area contributed by atoms with Gasteiger partial charge in [-0.3, -0.25) is 4.79 Å². The van der Waals surface area contributed by atoms with Gasteiger partial charge in [-0.05, 0) is 67.0 Å². The SMILES string of the molecule is C[C@H]1NC(=O)[C@]2(OCCO)CC[C@@H](c3ccc(Cl)cc3Cl)[C@H](c3ccc(Cl)cc3)[C@H]12. The van der Waals surface area contributed by atoms with E-state index in [-0.39, 0.29) is 42.9 Å². The number of aliphatic hydroxyl groups excluding tert-OH is 1. The molecule has 2 N–H and O–H groups in total. The van der Waals surface area contributed by atoms with Gasteiger partial charge in [0.1, 0.15) is 0 Å². The smallest absolute Gasteiger partial charge is 0.252 e. The molecule has 1 aliphatic heterocycles. The van der Waals surface area contributed by atoms with E-state index in [1.54, 1.807) is 6.07 Å². The summed E-state index contributed by atoms with van der Waals surface area (Å²) in [6.07, 6.45) is 1.28. The lowest BCUT2D eigenvalue weighted by Crippen LogP contribution is -2.52. The second-order valence-corrected chi connectivity index (χ2v) is 9.42. The summed E-state index contributed by atoms with van der Waals surface area (Å²) in [5.41, 5.74) is 1.13. The number of amides is 1. The zero-order valence-electron chi connectivity index (χ0n) is 16.6. The van der Waals surface area contributed by atoms with Gasteiger partial charge in [0.15, 0.2) is 5.60 Å². The lowest BCUT2D eigenvalue weighted by molar-refractivity contribution is -0.156. The molecule has 1 aliphatic carbocycles. The van der Waals surface area contributed by atoms with E-state index in [9.17, 15) is 9.90 Å². The molecule has 1 saturated heterocycles. The average Bonchev–Trinajstić information content (AvgIpc) is 2.97. The van der Waals surface area contributed by atoms with Gasteiger partial charge < -0.3 is 15.2 Å². The van der Waals surface area contributed by atoms with Crippen LogP contribution in [0.3, 0.4) is 0 Å². The van der Waals surface area contributed by atoms with Crippen molar-refractivity contribution in [2.24, 2.45) is 5.92 Å². The van der Waals surface area contributed by atoms with E-state index >= 15 is 0 Å². The number of hydrogen-bond acceptors (Lipinski definition) is 3. The molecule has 0 unspecified atom stereocenters. The van der Waals surface area contributed by atoms with Gasteiger partial charge in [-0.25, -0.2) is 0 Å². The Morgan fingerprint density at radius 1 is 1.13 bits per heavy atom. The summed E-state index contributed by atoms with van der Waals surface area (Å²) in [5.74, 6) is -0.166. The number of halogens is 3. The van der Waals surface area contributed by atoms with Crippen molar-refractivity contribution in [2.75, 3.05) is 13.2 Å². The zero-order chi connectivity index (χ0) is 21.5. The molecule has 0 bridgehead atoms. The number of benzene rings is 2. The van der Waals surface area contributed by atoms with Crippen LogP contribution in [-0.2, 0) is 9.53 Å².